The summed E-state index contributed by atoms with van der Waals surface area (Å²) < 4.78 is 99.1. The summed E-state index contributed by atoms with van der Waals surface area (Å²) in [5.41, 5.74) is 8.36. The van der Waals surface area contributed by atoms with Crippen molar-refractivity contribution in [2.75, 3.05) is 16.0 Å². The average molecular weight is 1080 g/mol. The zero-order chi connectivity index (χ0) is 53.1. The van der Waals surface area contributed by atoms with Crippen LogP contribution in [0.15, 0.2) is 282 Å². The standard InChI is InChI=1S/3C18H15N3O3S.Al/c3*22-25(23,24)18-8-4-7-17(13-18)21-20-16-11-9-15(10-12-16)19-14-5-2-1-3-6-14;/h3*1-13,19H,(H,22,23,24);/p-3. The molecule has 0 saturated heterocycles. The van der Waals surface area contributed by atoms with Crippen LogP contribution in [-0.4, -0.2) is 56.3 Å². The molecule has 18 nitrogen and oxygen atoms in total. The molecule has 76 heavy (non-hydrogen) atoms. The Balaban J connectivity index is 0.000000184. The van der Waals surface area contributed by atoms with Crippen molar-refractivity contribution in [3.63, 3.8) is 0 Å². The van der Waals surface area contributed by atoms with Gasteiger partial charge in [-0.2, -0.15) is 30.7 Å². The van der Waals surface area contributed by atoms with E-state index in [9.17, 15) is 38.9 Å². The second-order valence-electron chi connectivity index (χ2n) is 15.6. The second-order valence-corrected chi connectivity index (χ2v) is 19.7. The largest absolute Gasteiger partial charge is 0.744 e. The van der Waals surface area contributed by atoms with Crippen molar-refractivity contribution in [3.05, 3.63) is 237 Å². The SMILES string of the molecule is O=S(=O)([O-])c1cccc(N=Nc2ccc(Nc3ccccc3)cc2)c1.O=S(=O)([O-])c1cccc(N=Nc2ccc(Nc3ccccc3)cc2)c1.O=S(=O)([O-])c1cccc(N=Nc2ccc(Nc3ccccc3)cc2)c1.[Al]. The van der Waals surface area contributed by atoms with Gasteiger partial charge in [0.05, 0.1) is 48.8 Å². The van der Waals surface area contributed by atoms with Crippen LogP contribution in [0.5, 0.6) is 0 Å². The molecule has 22 heteroatoms. The van der Waals surface area contributed by atoms with Crippen LogP contribution >= 0.6 is 0 Å². The van der Waals surface area contributed by atoms with E-state index in [1.165, 1.54) is 54.6 Å². The molecule has 9 aromatic rings. The number of nitrogens with zero attached hydrogens (tertiary/aromatic N) is 6. The summed E-state index contributed by atoms with van der Waals surface area (Å²) >= 11 is 0. The highest BCUT2D eigenvalue weighted by Gasteiger charge is 2.05. The predicted octanol–water partition coefficient (Wildman–Crippen LogP) is 13.9. The summed E-state index contributed by atoms with van der Waals surface area (Å²) in [6, 6.07) is 67.5. The Labute approximate surface area is 450 Å². The van der Waals surface area contributed by atoms with Crippen LogP contribution in [0, 0.1) is 0 Å². The van der Waals surface area contributed by atoms with Gasteiger partial charge in [0.25, 0.3) is 0 Å². The van der Waals surface area contributed by atoms with Crippen molar-refractivity contribution in [1.29, 1.82) is 0 Å². The Morgan fingerprint density at radius 3 is 0.684 bits per heavy atom. The Morgan fingerprint density at radius 1 is 0.250 bits per heavy atom. The summed E-state index contributed by atoms with van der Waals surface area (Å²) in [4.78, 5) is -0.982. The van der Waals surface area contributed by atoms with Gasteiger partial charge >= 0.3 is 0 Å². The van der Waals surface area contributed by atoms with Gasteiger partial charge < -0.3 is 29.6 Å². The molecule has 0 aliphatic rings. The molecule has 0 bridgehead atoms. The number of anilines is 6. The predicted molar refractivity (Wildman–Crippen MR) is 290 cm³/mol. The molecule has 381 valence electrons. The van der Waals surface area contributed by atoms with Gasteiger partial charge in [0.1, 0.15) is 30.4 Å². The minimum absolute atomic E-state index is 0. The number of nitrogens with one attached hydrogen (secondary N) is 3. The third-order valence-electron chi connectivity index (χ3n) is 9.95. The van der Waals surface area contributed by atoms with Gasteiger partial charge in [-0.3, -0.25) is 0 Å². The number of hydrogen-bond acceptors (Lipinski definition) is 18. The molecule has 0 aromatic heterocycles. The lowest BCUT2D eigenvalue weighted by molar-refractivity contribution is 0.461. The summed E-state index contributed by atoms with van der Waals surface area (Å²) in [5, 5.41) is 33.8. The van der Waals surface area contributed by atoms with Crippen molar-refractivity contribution in [1.82, 2.24) is 0 Å². The van der Waals surface area contributed by atoms with Gasteiger partial charge in [-0.1, -0.05) is 72.8 Å². The molecule has 9 rings (SSSR count). The smallest absolute Gasteiger partial charge is 0.124 e. The molecule has 0 spiro atoms. The molecule has 0 fully saturated rings. The zero-order valence-electron chi connectivity index (χ0n) is 39.7. The second kappa shape index (κ2) is 27.1. The monoisotopic (exact) mass is 1080 g/mol. The van der Waals surface area contributed by atoms with E-state index in [2.05, 4.69) is 46.6 Å². The first kappa shape index (κ1) is 56.7. The van der Waals surface area contributed by atoms with E-state index < -0.39 is 30.4 Å². The quantitative estimate of drug-likeness (QED) is 0.0491. The summed E-state index contributed by atoms with van der Waals surface area (Å²) in [5.74, 6) is 0. The highest BCUT2D eigenvalue weighted by Crippen LogP contribution is 2.27. The topological polar surface area (TPSA) is 282 Å². The molecule has 0 amide bonds. The first-order valence-corrected chi connectivity index (χ1v) is 26.4. The summed E-state index contributed by atoms with van der Waals surface area (Å²) in [7, 11) is -13.5. The maximum atomic E-state index is 11.0. The molecule has 0 atom stereocenters. The van der Waals surface area contributed by atoms with E-state index in [-0.39, 0.29) is 32.0 Å². The van der Waals surface area contributed by atoms with Crippen molar-refractivity contribution >= 4 is 116 Å². The van der Waals surface area contributed by atoms with Gasteiger partial charge in [0, 0.05) is 51.5 Å². The van der Waals surface area contributed by atoms with Gasteiger partial charge in [-0.05, 0) is 164 Å². The first-order valence-electron chi connectivity index (χ1n) is 22.2. The third kappa shape index (κ3) is 18.7. The van der Waals surface area contributed by atoms with Crippen LogP contribution in [0.1, 0.15) is 0 Å². The molecule has 0 aliphatic carbocycles. The van der Waals surface area contributed by atoms with E-state index >= 15 is 0 Å². The van der Waals surface area contributed by atoms with Crippen molar-refractivity contribution in [2.45, 2.75) is 14.7 Å². The van der Waals surface area contributed by atoms with E-state index in [0.29, 0.717) is 34.1 Å². The Bertz CT molecular complexity index is 3360. The molecule has 0 saturated carbocycles. The number of benzene rings is 9. The van der Waals surface area contributed by atoms with Gasteiger partial charge in [-0.25, -0.2) is 25.3 Å². The molecule has 9 aromatic carbocycles. The van der Waals surface area contributed by atoms with Crippen LogP contribution in [0.3, 0.4) is 0 Å². The molecule has 0 aliphatic heterocycles. The lowest BCUT2D eigenvalue weighted by Gasteiger charge is -2.06. The minimum Gasteiger partial charge on any atom is -0.744 e. The Hall–Kier alpha value is -8.56. The maximum Gasteiger partial charge on any atom is 0.124 e. The lowest BCUT2D eigenvalue weighted by Crippen LogP contribution is -1.97. The third-order valence-corrected chi connectivity index (χ3v) is 12.4. The van der Waals surface area contributed by atoms with Crippen LogP contribution in [-0.2, 0) is 30.4 Å². The summed E-state index contributed by atoms with van der Waals surface area (Å²) in [6.45, 7) is 0. The minimum atomic E-state index is -4.50. The molecule has 3 N–H and O–H groups in total. The van der Waals surface area contributed by atoms with Crippen molar-refractivity contribution in [2.24, 2.45) is 30.7 Å². The van der Waals surface area contributed by atoms with E-state index in [4.69, 9.17) is 0 Å². The van der Waals surface area contributed by atoms with E-state index in [0.717, 1.165) is 34.1 Å². The fourth-order valence-corrected chi connectivity index (χ4v) is 7.88. The lowest BCUT2D eigenvalue weighted by atomic mass is 10.2. The molecule has 0 unspecified atom stereocenters. The molecular weight excluding hydrogens is 1040 g/mol. The van der Waals surface area contributed by atoms with Crippen molar-refractivity contribution in [3.8, 4) is 0 Å². The van der Waals surface area contributed by atoms with Gasteiger partial charge in [-0.15, -0.1) is 0 Å². The summed E-state index contributed by atoms with van der Waals surface area (Å²) in [6.07, 6.45) is 0. The average Bonchev–Trinajstić information content (AvgIpc) is 3.41. The Kier molecular flexibility index (Phi) is 20.2. The van der Waals surface area contributed by atoms with Crippen LogP contribution < -0.4 is 16.0 Å². The molecular formula is C54H42AlN9O9S3-3. The van der Waals surface area contributed by atoms with E-state index in [1.807, 2.05) is 127 Å². The van der Waals surface area contributed by atoms with Gasteiger partial charge in [0.15, 0.2) is 0 Å². The normalized spacial score (nSPS) is 11.4. The zero-order valence-corrected chi connectivity index (χ0v) is 43.3. The molecule has 3 radical (unpaired) electrons. The fourth-order valence-electron chi connectivity index (χ4n) is 6.35. The highest BCUT2D eigenvalue weighted by atomic mass is 32.2. The maximum absolute atomic E-state index is 11.0. The number of azo groups is 3. The Morgan fingerprint density at radius 2 is 0.461 bits per heavy atom. The number of hydrogen-bond donors (Lipinski definition) is 3. The first-order chi connectivity index (χ1) is 36.0. The number of para-hydroxylation sites is 3. The number of rotatable bonds is 15. The van der Waals surface area contributed by atoms with Crippen molar-refractivity contribution < 1.29 is 38.9 Å². The van der Waals surface area contributed by atoms with Crippen LogP contribution in [0.4, 0.5) is 68.2 Å². The highest BCUT2D eigenvalue weighted by molar-refractivity contribution is 7.86. The van der Waals surface area contributed by atoms with Crippen LogP contribution in [0.2, 0.25) is 0 Å². The fraction of sp³-hybridized carbons (Fsp3) is 0. The van der Waals surface area contributed by atoms with Gasteiger partial charge in [0.2, 0.25) is 0 Å². The van der Waals surface area contributed by atoms with E-state index in [1.54, 1.807) is 54.6 Å². The van der Waals surface area contributed by atoms with Crippen LogP contribution in [0.25, 0.3) is 0 Å². The molecule has 0 heterocycles.